The molecule has 1 rings (SSSR count). The predicted molar refractivity (Wildman–Crippen MR) is 64.1 cm³/mol. The highest BCUT2D eigenvalue weighted by Crippen LogP contribution is 2.37. The minimum atomic E-state index is -5.21. The Labute approximate surface area is 122 Å². The minimum Gasteiger partial charge on any atom is -0.466 e. The van der Waals surface area contributed by atoms with E-state index in [1.54, 1.807) is 0 Å². The zero-order valence-electron chi connectivity index (χ0n) is 11.4. The van der Waals surface area contributed by atoms with Gasteiger partial charge in [-0.15, -0.1) is 13.2 Å². The van der Waals surface area contributed by atoms with Crippen LogP contribution < -0.4 is 10.5 Å². The summed E-state index contributed by atoms with van der Waals surface area (Å²) in [7, 11) is 0. The van der Waals surface area contributed by atoms with E-state index in [1.807, 2.05) is 0 Å². The standard InChI is InChI=1S/C12H13F5N2O3/c1-2-21-9(20)3-6-8(4-18)19-5-7(11(13)14)10(6)22-12(15,16)17/h5,11H,2-4,18H2,1H3. The van der Waals surface area contributed by atoms with E-state index in [4.69, 9.17) is 5.73 Å². The Balaban J connectivity index is 3.39. The molecule has 0 atom stereocenters. The third-order valence-electron chi connectivity index (χ3n) is 2.52. The molecule has 0 saturated heterocycles. The molecular formula is C12H13F5N2O3. The second-order valence-corrected chi connectivity index (χ2v) is 4.00. The number of alkyl halides is 5. The first kappa shape index (κ1) is 18.1. The fourth-order valence-electron chi connectivity index (χ4n) is 1.70. The topological polar surface area (TPSA) is 74.4 Å². The SMILES string of the molecule is CCOC(=O)Cc1c(CN)ncc(C(F)F)c1OC(F)(F)F. The first-order valence-electron chi connectivity index (χ1n) is 6.09. The summed E-state index contributed by atoms with van der Waals surface area (Å²) in [4.78, 5) is 15.0. The van der Waals surface area contributed by atoms with Crippen LogP contribution in [0, 0.1) is 0 Å². The van der Waals surface area contributed by atoms with Gasteiger partial charge in [0, 0.05) is 18.3 Å². The fraction of sp³-hybridized carbons (Fsp3) is 0.500. The number of carbonyl (C=O) groups is 1. The van der Waals surface area contributed by atoms with Gasteiger partial charge in [0.1, 0.15) is 5.75 Å². The van der Waals surface area contributed by atoms with Crippen molar-refractivity contribution in [2.45, 2.75) is 32.7 Å². The second kappa shape index (κ2) is 7.34. The van der Waals surface area contributed by atoms with E-state index >= 15 is 0 Å². The molecule has 1 aromatic rings. The molecule has 10 heteroatoms. The lowest BCUT2D eigenvalue weighted by Crippen LogP contribution is -2.22. The number of esters is 1. The number of rotatable bonds is 6. The van der Waals surface area contributed by atoms with Gasteiger partial charge in [0.15, 0.2) is 0 Å². The fourth-order valence-corrected chi connectivity index (χ4v) is 1.70. The lowest BCUT2D eigenvalue weighted by atomic mass is 10.1. The minimum absolute atomic E-state index is 0.0196. The van der Waals surface area contributed by atoms with Crippen LogP contribution in [0.25, 0.3) is 0 Å². The maximum Gasteiger partial charge on any atom is 0.573 e. The lowest BCUT2D eigenvalue weighted by Gasteiger charge is -2.18. The van der Waals surface area contributed by atoms with Gasteiger partial charge in [0.25, 0.3) is 6.43 Å². The van der Waals surface area contributed by atoms with Gasteiger partial charge in [-0.2, -0.15) is 0 Å². The molecule has 5 nitrogen and oxygen atoms in total. The predicted octanol–water partition coefficient (Wildman–Crippen LogP) is 2.48. The van der Waals surface area contributed by atoms with Gasteiger partial charge in [0.05, 0.1) is 24.3 Å². The molecule has 0 fully saturated rings. The number of aromatic nitrogens is 1. The Bertz CT molecular complexity index is 534. The van der Waals surface area contributed by atoms with Crippen molar-refractivity contribution in [1.29, 1.82) is 0 Å². The maximum atomic E-state index is 12.9. The molecule has 0 aliphatic carbocycles. The van der Waals surface area contributed by atoms with E-state index in [-0.39, 0.29) is 18.8 Å². The van der Waals surface area contributed by atoms with Crippen LogP contribution in [0.2, 0.25) is 0 Å². The molecule has 22 heavy (non-hydrogen) atoms. The summed E-state index contributed by atoms with van der Waals surface area (Å²) in [6.45, 7) is 1.11. The van der Waals surface area contributed by atoms with E-state index < -0.39 is 42.1 Å². The number of nitrogens with zero attached hydrogens (tertiary/aromatic N) is 1. The summed E-state index contributed by atoms with van der Waals surface area (Å²) in [6, 6.07) is 0. The number of carbonyl (C=O) groups excluding carboxylic acids is 1. The van der Waals surface area contributed by atoms with Crippen LogP contribution >= 0.6 is 0 Å². The molecule has 0 amide bonds. The quantitative estimate of drug-likeness (QED) is 0.641. The normalized spacial score (nSPS) is 11.6. The van der Waals surface area contributed by atoms with E-state index in [2.05, 4.69) is 14.5 Å². The van der Waals surface area contributed by atoms with Crippen molar-refractivity contribution in [3.05, 3.63) is 23.0 Å². The highest BCUT2D eigenvalue weighted by Gasteiger charge is 2.36. The van der Waals surface area contributed by atoms with E-state index in [9.17, 15) is 26.7 Å². The van der Waals surface area contributed by atoms with Crippen molar-refractivity contribution in [1.82, 2.24) is 4.98 Å². The summed E-state index contributed by atoms with van der Waals surface area (Å²) in [5.74, 6) is -2.07. The van der Waals surface area contributed by atoms with Gasteiger partial charge >= 0.3 is 12.3 Å². The van der Waals surface area contributed by atoms with E-state index in [0.717, 1.165) is 0 Å². The summed E-state index contributed by atoms with van der Waals surface area (Å²) in [6.07, 6.45) is -8.64. The summed E-state index contributed by atoms with van der Waals surface area (Å²) in [5, 5.41) is 0. The average molecular weight is 328 g/mol. The van der Waals surface area contributed by atoms with Gasteiger partial charge in [-0.05, 0) is 6.92 Å². The lowest BCUT2D eigenvalue weighted by molar-refractivity contribution is -0.275. The molecule has 2 N–H and O–H groups in total. The zero-order valence-corrected chi connectivity index (χ0v) is 11.4. The van der Waals surface area contributed by atoms with Crippen LogP contribution in [-0.4, -0.2) is 23.9 Å². The van der Waals surface area contributed by atoms with Crippen molar-refractivity contribution < 1.29 is 36.2 Å². The van der Waals surface area contributed by atoms with E-state index in [1.165, 1.54) is 6.92 Å². The first-order chi connectivity index (χ1) is 10.2. The molecule has 0 aliphatic heterocycles. The molecule has 0 bridgehead atoms. The van der Waals surface area contributed by atoms with Crippen LogP contribution in [0.15, 0.2) is 6.20 Å². The molecule has 0 radical (unpaired) electrons. The molecule has 0 aromatic carbocycles. The average Bonchev–Trinajstić information content (AvgIpc) is 2.38. The van der Waals surface area contributed by atoms with Crippen LogP contribution in [0.3, 0.4) is 0 Å². The Hall–Kier alpha value is -1.97. The van der Waals surface area contributed by atoms with Crippen molar-refractivity contribution in [3.8, 4) is 5.75 Å². The number of hydrogen-bond donors (Lipinski definition) is 1. The second-order valence-electron chi connectivity index (χ2n) is 4.00. The third-order valence-corrected chi connectivity index (χ3v) is 2.52. The monoisotopic (exact) mass is 328 g/mol. The summed E-state index contributed by atoms with van der Waals surface area (Å²) >= 11 is 0. The van der Waals surface area contributed by atoms with Crippen LogP contribution in [-0.2, 0) is 22.5 Å². The summed E-state index contributed by atoms with van der Waals surface area (Å²) < 4.78 is 71.4. The maximum absolute atomic E-state index is 12.9. The van der Waals surface area contributed by atoms with Crippen molar-refractivity contribution in [2.75, 3.05) is 6.61 Å². The molecular weight excluding hydrogens is 315 g/mol. The molecule has 1 aromatic heterocycles. The number of ether oxygens (including phenoxy) is 2. The Kier molecular flexibility index (Phi) is 6.03. The smallest absolute Gasteiger partial charge is 0.466 e. The van der Waals surface area contributed by atoms with E-state index in [0.29, 0.717) is 6.20 Å². The molecule has 0 aliphatic rings. The van der Waals surface area contributed by atoms with Crippen LogP contribution in [0.5, 0.6) is 5.75 Å². The Morgan fingerprint density at radius 2 is 2.05 bits per heavy atom. The van der Waals surface area contributed by atoms with Crippen molar-refractivity contribution >= 4 is 5.97 Å². The molecule has 0 unspecified atom stereocenters. The number of halogens is 5. The van der Waals surface area contributed by atoms with Gasteiger partial charge < -0.3 is 15.2 Å². The van der Waals surface area contributed by atoms with Gasteiger partial charge in [-0.1, -0.05) is 0 Å². The van der Waals surface area contributed by atoms with Gasteiger partial charge in [0.2, 0.25) is 0 Å². The highest BCUT2D eigenvalue weighted by atomic mass is 19.4. The molecule has 0 saturated carbocycles. The third kappa shape index (κ3) is 4.79. The van der Waals surface area contributed by atoms with Crippen molar-refractivity contribution in [2.24, 2.45) is 5.73 Å². The highest BCUT2D eigenvalue weighted by molar-refractivity contribution is 5.74. The number of hydrogen-bond acceptors (Lipinski definition) is 5. The molecule has 1 heterocycles. The zero-order chi connectivity index (χ0) is 16.9. The van der Waals surface area contributed by atoms with Gasteiger partial charge in [-0.3, -0.25) is 9.78 Å². The number of nitrogens with two attached hydrogens (primary N) is 1. The molecule has 124 valence electrons. The number of pyridine rings is 1. The van der Waals surface area contributed by atoms with Crippen molar-refractivity contribution in [3.63, 3.8) is 0 Å². The Morgan fingerprint density at radius 1 is 1.41 bits per heavy atom. The van der Waals surface area contributed by atoms with Crippen LogP contribution in [0.1, 0.15) is 30.2 Å². The van der Waals surface area contributed by atoms with Gasteiger partial charge in [-0.25, -0.2) is 8.78 Å². The van der Waals surface area contributed by atoms with Crippen LogP contribution in [0.4, 0.5) is 22.0 Å². The Morgan fingerprint density at radius 3 is 2.50 bits per heavy atom. The largest absolute Gasteiger partial charge is 0.573 e. The summed E-state index contributed by atoms with van der Waals surface area (Å²) in [5.41, 5.74) is 3.63. The molecule has 0 spiro atoms. The first-order valence-corrected chi connectivity index (χ1v) is 6.09.